The second-order valence-electron chi connectivity index (χ2n) is 3.23. The van der Waals surface area contributed by atoms with Gasteiger partial charge in [0.05, 0.1) is 0 Å². The van der Waals surface area contributed by atoms with Crippen molar-refractivity contribution in [2.75, 3.05) is 0 Å². The minimum absolute atomic E-state index is 0.857. The van der Waals surface area contributed by atoms with Gasteiger partial charge in [-0.25, -0.2) is 0 Å². The maximum absolute atomic E-state index is 6.34. The summed E-state index contributed by atoms with van der Waals surface area (Å²) in [6.45, 7) is 0. The molecule has 0 saturated carbocycles. The molecule has 1 radical (unpaired) electrons. The van der Waals surface area contributed by atoms with Crippen LogP contribution in [0.4, 0.5) is 0 Å². The van der Waals surface area contributed by atoms with E-state index in [2.05, 4.69) is 6.07 Å². The molecule has 0 atom stereocenters. The Hall–Kier alpha value is -0.980. The van der Waals surface area contributed by atoms with Gasteiger partial charge in [0.15, 0.2) is 4.33 Å². The molecule has 0 aliphatic rings. The van der Waals surface area contributed by atoms with Crippen molar-refractivity contribution in [3.8, 4) is 0 Å². The molecule has 2 heteroatoms. The van der Waals surface area contributed by atoms with Crippen LogP contribution in [-0.2, 0) is 4.33 Å². The van der Waals surface area contributed by atoms with Gasteiger partial charge in [-0.3, -0.25) is 0 Å². The zero-order valence-corrected chi connectivity index (χ0v) is 9.46. The molecule has 0 aliphatic carbocycles. The Morgan fingerprint density at radius 3 is 1.93 bits per heavy atom. The standard InChI is InChI=1S/C13H9Cl2/c14-13(15,11-7-3-1-4-8-11)12-9-5-2-6-10-12/h1,3-10H. The van der Waals surface area contributed by atoms with E-state index in [1.807, 2.05) is 42.5 Å². The first-order valence-electron chi connectivity index (χ1n) is 4.61. The Balaban J connectivity index is 2.44. The summed E-state index contributed by atoms with van der Waals surface area (Å²) in [5, 5.41) is 0. The summed E-state index contributed by atoms with van der Waals surface area (Å²) in [6, 6.07) is 19.9. The smallest absolute Gasteiger partial charge is 0.0909 e. The normalized spacial score (nSPS) is 11.3. The molecule has 0 aliphatic heterocycles. The first-order valence-corrected chi connectivity index (χ1v) is 5.37. The highest BCUT2D eigenvalue weighted by molar-refractivity contribution is 6.50. The molecule has 0 heterocycles. The molecule has 15 heavy (non-hydrogen) atoms. The van der Waals surface area contributed by atoms with Crippen molar-refractivity contribution in [1.29, 1.82) is 0 Å². The summed E-state index contributed by atoms with van der Waals surface area (Å²) in [7, 11) is 0. The molecule has 2 aromatic carbocycles. The lowest BCUT2D eigenvalue weighted by molar-refractivity contribution is 1.04. The molecule has 0 amide bonds. The van der Waals surface area contributed by atoms with E-state index in [-0.39, 0.29) is 0 Å². The molecular formula is C13H9Cl2. The van der Waals surface area contributed by atoms with Crippen molar-refractivity contribution in [1.82, 2.24) is 0 Å². The van der Waals surface area contributed by atoms with E-state index in [4.69, 9.17) is 23.2 Å². The van der Waals surface area contributed by atoms with Gasteiger partial charge in [-0.2, -0.15) is 0 Å². The largest absolute Gasteiger partial charge is 0.168 e. The SMILES string of the molecule is ClC(Cl)(c1cc[c]cc1)c1ccccc1. The Morgan fingerprint density at radius 1 is 0.800 bits per heavy atom. The summed E-state index contributed by atoms with van der Waals surface area (Å²) >= 11 is 12.7. The molecule has 0 saturated heterocycles. The summed E-state index contributed by atoms with van der Waals surface area (Å²) < 4.78 is -0.990. The van der Waals surface area contributed by atoms with E-state index in [0.29, 0.717) is 0 Å². The third-order valence-electron chi connectivity index (χ3n) is 2.22. The van der Waals surface area contributed by atoms with Gasteiger partial charge in [0, 0.05) is 0 Å². The molecule has 0 aromatic heterocycles. The second kappa shape index (κ2) is 4.26. The lowest BCUT2D eigenvalue weighted by Gasteiger charge is -2.20. The van der Waals surface area contributed by atoms with E-state index in [9.17, 15) is 0 Å². The van der Waals surface area contributed by atoms with Crippen LogP contribution < -0.4 is 0 Å². The summed E-state index contributed by atoms with van der Waals surface area (Å²) in [6.07, 6.45) is 0. The van der Waals surface area contributed by atoms with Crippen LogP contribution in [0, 0.1) is 6.07 Å². The van der Waals surface area contributed by atoms with Gasteiger partial charge in [0.25, 0.3) is 0 Å². The first-order chi connectivity index (χ1) is 7.21. The summed E-state index contributed by atoms with van der Waals surface area (Å²) in [4.78, 5) is 0. The van der Waals surface area contributed by atoms with Crippen LogP contribution in [-0.4, -0.2) is 0 Å². The molecule has 2 rings (SSSR count). The lowest BCUT2D eigenvalue weighted by atomic mass is 10.0. The van der Waals surface area contributed by atoms with Crippen LogP contribution in [0.25, 0.3) is 0 Å². The molecule has 0 spiro atoms. The van der Waals surface area contributed by atoms with Crippen LogP contribution >= 0.6 is 23.2 Å². The van der Waals surface area contributed by atoms with Gasteiger partial charge in [0.2, 0.25) is 0 Å². The fourth-order valence-electron chi connectivity index (χ4n) is 1.41. The Morgan fingerprint density at radius 2 is 1.33 bits per heavy atom. The molecule has 0 N–H and O–H groups in total. The summed E-state index contributed by atoms with van der Waals surface area (Å²) in [5.41, 5.74) is 1.73. The topological polar surface area (TPSA) is 0 Å². The van der Waals surface area contributed by atoms with Gasteiger partial charge in [-0.1, -0.05) is 77.8 Å². The van der Waals surface area contributed by atoms with Gasteiger partial charge in [-0.05, 0) is 17.2 Å². The number of hydrogen-bond acceptors (Lipinski definition) is 0. The van der Waals surface area contributed by atoms with Gasteiger partial charge >= 0.3 is 0 Å². The minimum atomic E-state index is -0.990. The van der Waals surface area contributed by atoms with Crippen molar-refractivity contribution in [2.45, 2.75) is 4.33 Å². The van der Waals surface area contributed by atoms with Crippen LogP contribution in [0.2, 0.25) is 0 Å². The summed E-state index contributed by atoms with van der Waals surface area (Å²) in [5.74, 6) is 0. The van der Waals surface area contributed by atoms with Crippen molar-refractivity contribution in [2.24, 2.45) is 0 Å². The highest BCUT2D eigenvalue weighted by atomic mass is 35.5. The Bertz CT molecular complexity index is 379. The molecular weight excluding hydrogens is 227 g/mol. The number of alkyl halides is 2. The Kier molecular flexibility index (Phi) is 2.99. The van der Waals surface area contributed by atoms with Crippen LogP contribution in [0.5, 0.6) is 0 Å². The van der Waals surface area contributed by atoms with Gasteiger partial charge in [-0.15, -0.1) is 0 Å². The zero-order chi connectivity index (χ0) is 10.7. The van der Waals surface area contributed by atoms with Crippen molar-refractivity contribution in [3.63, 3.8) is 0 Å². The predicted molar refractivity (Wildman–Crippen MR) is 64.2 cm³/mol. The zero-order valence-electron chi connectivity index (χ0n) is 7.95. The van der Waals surface area contributed by atoms with Gasteiger partial charge in [0.1, 0.15) is 0 Å². The molecule has 2 aromatic rings. The number of hydrogen-bond donors (Lipinski definition) is 0. The van der Waals surface area contributed by atoms with Crippen molar-refractivity contribution in [3.05, 3.63) is 71.8 Å². The van der Waals surface area contributed by atoms with E-state index < -0.39 is 4.33 Å². The van der Waals surface area contributed by atoms with Crippen molar-refractivity contribution < 1.29 is 0 Å². The molecule has 0 nitrogen and oxygen atoms in total. The highest BCUT2D eigenvalue weighted by Gasteiger charge is 2.28. The monoisotopic (exact) mass is 235 g/mol. The fourth-order valence-corrected chi connectivity index (χ4v) is 1.91. The number of benzene rings is 2. The van der Waals surface area contributed by atoms with Crippen molar-refractivity contribution >= 4 is 23.2 Å². The van der Waals surface area contributed by atoms with Crippen LogP contribution in [0.15, 0.2) is 54.6 Å². The lowest BCUT2D eigenvalue weighted by Crippen LogP contribution is -2.11. The third-order valence-corrected chi connectivity index (χ3v) is 3.09. The average molecular weight is 236 g/mol. The number of halogens is 2. The van der Waals surface area contributed by atoms with E-state index in [1.54, 1.807) is 12.1 Å². The van der Waals surface area contributed by atoms with Crippen LogP contribution in [0.1, 0.15) is 11.1 Å². The molecule has 0 bridgehead atoms. The second-order valence-corrected chi connectivity index (χ2v) is 4.56. The average Bonchev–Trinajstić information content (AvgIpc) is 2.31. The van der Waals surface area contributed by atoms with E-state index in [1.165, 1.54) is 0 Å². The van der Waals surface area contributed by atoms with E-state index in [0.717, 1.165) is 11.1 Å². The third kappa shape index (κ3) is 2.17. The fraction of sp³-hybridized carbons (Fsp3) is 0.0769. The predicted octanol–water partition coefficient (Wildman–Crippen LogP) is 4.17. The van der Waals surface area contributed by atoms with Gasteiger partial charge < -0.3 is 0 Å². The van der Waals surface area contributed by atoms with E-state index >= 15 is 0 Å². The maximum atomic E-state index is 6.34. The molecule has 0 fully saturated rings. The minimum Gasteiger partial charge on any atom is -0.0909 e. The molecule has 0 unspecified atom stereocenters. The molecule has 75 valence electrons. The quantitative estimate of drug-likeness (QED) is 0.686. The first kappa shape index (κ1) is 10.5. The Labute approximate surface area is 99.5 Å². The van der Waals surface area contributed by atoms with Crippen LogP contribution in [0.3, 0.4) is 0 Å². The number of rotatable bonds is 2. The highest BCUT2D eigenvalue weighted by Crippen LogP contribution is 2.40. The maximum Gasteiger partial charge on any atom is 0.168 e.